The van der Waals surface area contributed by atoms with E-state index in [1.54, 1.807) is 0 Å². The van der Waals surface area contributed by atoms with Crippen LogP contribution in [0.1, 0.15) is 67.1 Å². The van der Waals surface area contributed by atoms with Crippen LogP contribution in [0, 0.1) is 11.8 Å². The third kappa shape index (κ3) is 6.02. The molecular formula is C48H46N2. The van der Waals surface area contributed by atoms with E-state index in [1.807, 2.05) is 0 Å². The second-order valence-electron chi connectivity index (χ2n) is 14.7. The number of nitrogens with one attached hydrogen (secondary N) is 1. The van der Waals surface area contributed by atoms with E-state index < -0.39 is 0 Å². The Morgan fingerprint density at radius 2 is 1.44 bits per heavy atom. The van der Waals surface area contributed by atoms with Crippen LogP contribution in [0.15, 0.2) is 170 Å². The first-order chi connectivity index (χ1) is 24.8. The number of nitrogens with zero attached hydrogens (tertiary/aromatic N) is 1. The van der Waals surface area contributed by atoms with Crippen LogP contribution in [-0.4, -0.2) is 17.0 Å². The fraction of sp³-hybridized carbons (Fsp3) is 0.250. The van der Waals surface area contributed by atoms with Crippen molar-refractivity contribution in [2.75, 3.05) is 5.32 Å². The zero-order chi connectivity index (χ0) is 33.3. The zero-order valence-corrected chi connectivity index (χ0v) is 28.7. The molecule has 1 N–H and O–H groups in total. The summed E-state index contributed by atoms with van der Waals surface area (Å²) >= 11 is 0. The van der Waals surface area contributed by atoms with E-state index in [0.717, 1.165) is 30.6 Å². The molecule has 0 spiro atoms. The van der Waals surface area contributed by atoms with Crippen molar-refractivity contribution in [1.82, 2.24) is 4.90 Å². The summed E-state index contributed by atoms with van der Waals surface area (Å²) in [6, 6.07) is 39.2. The van der Waals surface area contributed by atoms with Gasteiger partial charge in [0.25, 0.3) is 0 Å². The summed E-state index contributed by atoms with van der Waals surface area (Å²) in [7, 11) is 0. The van der Waals surface area contributed by atoms with Gasteiger partial charge in [0.2, 0.25) is 0 Å². The van der Waals surface area contributed by atoms with Gasteiger partial charge < -0.3 is 10.2 Å². The van der Waals surface area contributed by atoms with Crippen LogP contribution in [0.25, 0.3) is 16.7 Å². The zero-order valence-electron chi connectivity index (χ0n) is 28.7. The van der Waals surface area contributed by atoms with E-state index >= 15 is 0 Å². The first-order valence-electron chi connectivity index (χ1n) is 18.8. The second kappa shape index (κ2) is 13.7. The predicted octanol–water partition coefficient (Wildman–Crippen LogP) is 12.1. The molecule has 0 aromatic heterocycles. The summed E-state index contributed by atoms with van der Waals surface area (Å²) in [6.07, 6.45) is 30.8. The van der Waals surface area contributed by atoms with Crippen LogP contribution < -0.4 is 5.32 Å². The highest BCUT2D eigenvalue weighted by atomic mass is 15.2. The highest BCUT2D eigenvalue weighted by molar-refractivity contribution is 5.82. The van der Waals surface area contributed by atoms with Gasteiger partial charge >= 0.3 is 0 Å². The first kappa shape index (κ1) is 30.9. The maximum absolute atomic E-state index is 3.75. The van der Waals surface area contributed by atoms with Crippen molar-refractivity contribution in [3.05, 3.63) is 186 Å². The van der Waals surface area contributed by atoms with Gasteiger partial charge in [0.15, 0.2) is 0 Å². The molecule has 1 saturated heterocycles. The molecule has 4 aromatic carbocycles. The molecule has 4 aromatic rings. The van der Waals surface area contributed by atoms with Crippen LogP contribution in [0.5, 0.6) is 0 Å². The molecule has 1 heterocycles. The second-order valence-corrected chi connectivity index (χ2v) is 14.7. The summed E-state index contributed by atoms with van der Waals surface area (Å²) < 4.78 is 0. The topological polar surface area (TPSA) is 15.3 Å². The van der Waals surface area contributed by atoms with E-state index in [0.29, 0.717) is 35.8 Å². The highest BCUT2D eigenvalue weighted by Crippen LogP contribution is 2.51. The third-order valence-corrected chi connectivity index (χ3v) is 11.8. The van der Waals surface area contributed by atoms with Crippen LogP contribution in [0.3, 0.4) is 0 Å². The lowest BCUT2D eigenvalue weighted by atomic mass is 9.75. The standard InChI is InChI=1S/C48H46N2/c1-3-13-34(14-4-1)38-17-11-19-41(31-38)49-46-23-9-7-21-43(46)37-27-25-36(26-28-37)40-29-30-45-44-22-8-10-24-47(44)50(48(45)33-40)42-20-12-18-39(32-42)35-15-5-2-6-16-35/h1-3,5-9,11-13,15-23,25-31,39-40,44-45,47-49H,4,10,14,24,32-33H2. The number of rotatable bonds is 7. The van der Waals surface area contributed by atoms with Crippen molar-refractivity contribution in [2.24, 2.45) is 11.8 Å². The van der Waals surface area contributed by atoms with Gasteiger partial charge in [-0.15, -0.1) is 0 Å². The Labute approximate surface area is 298 Å². The summed E-state index contributed by atoms with van der Waals surface area (Å²) in [5.74, 6) is 2.05. The van der Waals surface area contributed by atoms with Crippen LogP contribution in [0.4, 0.5) is 11.4 Å². The van der Waals surface area contributed by atoms with E-state index in [4.69, 9.17) is 0 Å². The molecular weight excluding hydrogens is 605 g/mol. The van der Waals surface area contributed by atoms with Crippen molar-refractivity contribution in [3.63, 3.8) is 0 Å². The lowest BCUT2D eigenvalue weighted by molar-refractivity contribution is 0.202. The van der Waals surface area contributed by atoms with Gasteiger partial charge in [0.05, 0.1) is 0 Å². The summed E-state index contributed by atoms with van der Waals surface area (Å²) in [4.78, 5) is 2.89. The molecule has 5 aliphatic rings. The normalized spacial score (nSPS) is 26.6. The maximum atomic E-state index is 3.75. The molecule has 50 heavy (non-hydrogen) atoms. The van der Waals surface area contributed by atoms with Crippen molar-refractivity contribution >= 4 is 16.9 Å². The highest BCUT2D eigenvalue weighted by Gasteiger charge is 2.49. The van der Waals surface area contributed by atoms with Gasteiger partial charge in [-0.1, -0.05) is 140 Å². The van der Waals surface area contributed by atoms with Gasteiger partial charge in [0.1, 0.15) is 0 Å². The number of anilines is 2. The van der Waals surface area contributed by atoms with Crippen LogP contribution in [0.2, 0.25) is 0 Å². The maximum Gasteiger partial charge on any atom is 0.0463 e. The Kier molecular flexibility index (Phi) is 8.46. The lowest BCUT2D eigenvalue weighted by Gasteiger charge is -2.40. The SMILES string of the molecule is C1=CCCC(c2cccc(Nc3ccccc3-c3ccc(C4C=CC5C6C=CCCC6N(C6=CC=CC(c7ccccc7)C6)C5C4)cc3)c2)=C1. The molecule has 6 atom stereocenters. The summed E-state index contributed by atoms with van der Waals surface area (Å²) in [5.41, 5.74) is 11.8. The van der Waals surface area contributed by atoms with Gasteiger partial charge in [-0.3, -0.25) is 0 Å². The van der Waals surface area contributed by atoms with Crippen molar-refractivity contribution in [3.8, 4) is 11.1 Å². The van der Waals surface area contributed by atoms with Crippen molar-refractivity contribution in [1.29, 1.82) is 0 Å². The predicted molar refractivity (Wildman–Crippen MR) is 210 cm³/mol. The Morgan fingerprint density at radius 3 is 2.32 bits per heavy atom. The van der Waals surface area contributed by atoms with Gasteiger partial charge in [-0.05, 0) is 90.6 Å². The molecule has 0 radical (unpaired) electrons. The summed E-state index contributed by atoms with van der Waals surface area (Å²) in [6.45, 7) is 0. The smallest absolute Gasteiger partial charge is 0.0463 e. The number of hydrogen-bond donors (Lipinski definition) is 1. The van der Waals surface area contributed by atoms with Crippen LogP contribution >= 0.6 is 0 Å². The van der Waals surface area contributed by atoms with Crippen molar-refractivity contribution in [2.45, 2.75) is 62.4 Å². The lowest BCUT2D eigenvalue weighted by Crippen LogP contribution is -2.39. The number of hydrogen-bond acceptors (Lipinski definition) is 2. The third-order valence-electron chi connectivity index (χ3n) is 11.8. The Morgan fingerprint density at radius 1 is 0.600 bits per heavy atom. The molecule has 9 rings (SSSR count). The number of benzene rings is 4. The van der Waals surface area contributed by atoms with E-state index in [9.17, 15) is 0 Å². The Balaban J connectivity index is 0.950. The quantitative estimate of drug-likeness (QED) is 0.200. The molecule has 248 valence electrons. The number of allylic oxidation sites excluding steroid dienone is 10. The summed E-state index contributed by atoms with van der Waals surface area (Å²) in [5, 5.41) is 3.75. The van der Waals surface area contributed by atoms with E-state index in [1.165, 1.54) is 58.3 Å². The number of para-hydroxylation sites is 1. The molecule has 4 aliphatic carbocycles. The average Bonchev–Trinajstić information content (AvgIpc) is 3.53. The first-order valence-corrected chi connectivity index (χ1v) is 18.8. The molecule has 2 nitrogen and oxygen atoms in total. The molecule has 0 saturated carbocycles. The molecule has 0 bridgehead atoms. The fourth-order valence-electron chi connectivity index (χ4n) is 9.37. The van der Waals surface area contributed by atoms with Crippen LogP contribution in [-0.2, 0) is 0 Å². The molecule has 2 heteroatoms. The minimum absolute atomic E-state index is 0.418. The Bertz CT molecular complexity index is 2020. The van der Waals surface area contributed by atoms with Gasteiger partial charge in [0, 0.05) is 58.4 Å². The van der Waals surface area contributed by atoms with Gasteiger partial charge in [-0.2, -0.15) is 0 Å². The molecule has 1 fully saturated rings. The monoisotopic (exact) mass is 650 g/mol. The molecule has 6 unspecified atom stereocenters. The number of likely N-dealkylation sites (tertiary alicyclic amines) is 1. The largest absolute Gasteiger partial charge is 0.368 e. The minimum atomic E-state index is 0.418. The molecule has 0 amide bonds. The van der Waals surface area contributed by atoms with Gasteiger partial charge in [-0.25, -0.2) is 0 Å². The Hall–Kier alpha value is -5.08. The van der Waals surface area contributed by atoms with E-state index in [-0.39, 0.29) is 0 Å². The minimum Gasteiger partial charge on any atom is -0.368 e. The molecule has 1 aliphatic heterocycles. The number of fused-ring (bicyclic) bond motifs is 3. The average molecular weight is 651 g/mol. The van der Waals surface area contributed by atoms with Crippen molar-refractivity contribution < 1.29 is 0 Å². The van der Waals surface area contributed by atoms with E-state index in [2.05, 4.69) is 174 Å². The fourth-order valence-corrected chi connectivity index (χ4v) is 9.37.